The maximum Gasteiger partial charge on any atom is 0.269 e. The molecule has 1 aliphatic carbocycles. The van der Waals surface area contributed by atoms with Gasteiger partial charge in [0.25, 0.3) is 5.69 Å². The van der Waals surface area contributed by atoms with Gasteiger partial charge in [0.15, 0.2) is 0 Å². The van der Waals surface area contributed by atoms with Gasteiger partial charge in [0.1, 0.15) is 5.82 Å². The van der Waals surface area contributed by atoms with Gasteiger partial charge in [-0.3, -0.25) is 10.1 Å². The fourth-order valence-corrected chi connectivity index (χ4v) is 2.75. The summed E-state index contributed by atoms with van der Waals surface area (Å²) in [5.74, 6) is 1.97. The SMILES string of the molecule is CN(C)CCCNc1nc(NCc2ccc([N+](=O)[O-])cc2)cc(C2CC2)n1. The number of nitrogens with zero attached hydrogens (tertiary/aromatic N) is 4. The standard InChI is InChI=1S/C19H26N6O2/c1-24(2)11-3-10-20-19-22-17(15-6-7-15)12-18(23-19)21-13-14-4-8-16(9-5-14)25(26)27/h4-5,8-9,12,15H,3,6-7,10-11,13H2,1-2H3,(H2,20,21,22,23). The third kappa shape index (κ3) is 5.89. The van der Waals surface area contributed by atoms with E-state index in [9.17, 15) is 10.1 Å². The fraction of sp³-hybridized carbons (Fsp3) is 0.474. The van der Waals surface area contributed by atoms with Gasteiger partial charge >= 0.3 is 0 Å². The highest BCUT2D eigenvalue weighted by Crippen LogP contribution is 2.39. The van der Waals surface area contributed by atoms with Crippen LogP contribution in [0.25, 0.3) is 0 Å². The molecule has 0 amide bonds. The van der Waals surface area contributed by atoms with E-state index in [-0.39, 0.29) is 5.69 Å². The van der Waals surface area contributed by atoms with E-state index in [1.807, 2.05) is 6.07 Å². The predicted molar refractivity (Wildman–Crippen MR) is 106 cm³/mol. The lowest BCUT2D eigenvalue weighted by atomic mass is 10.2. The zero-order valence-corrected chi connectivity index (χ0v) is 15.8. The second-order valence-electron chi connectivity index (χ2n) is 7.14. The summed E-state index contributed by atoms with van der Waals surface area (Å²) in [5.41, 5.74) is 2.14. The highest BCUT2D eigenvalue weighted by molar-refractivity contribution is 5.45. The average molecular weight is 370 g/mol. The van der Waals surface area contributed by atoms with Crippen molar-refractivity contribution >= 4 is 17.5 Å². The molecule has 3 rings (SSSR count). The summed E-state index contributed by atoms with van der Waals surface area (Å²) in [5, 5.41) is 17.4. The lowest BCUT2D eigenvalue weighted by Gasteiger charge is -2.12. The van der Waals surface area contributed by atoms with Gasteiger partial charge in [0.05, 0.1) is 10.6 Å². The molecule has 144 valence electrons. The molecule has 0 aliphatic heterocycles. The first-order valence-corrected chi connectivity index (χ1v) is 9.26. The second kappa shape index (κ2) is 8.77. The highest BCUT2D eigenvalue weighted by atomic mass is 16.6. The van der Waals surface area contributed by atoms with Crippen molar-refractivity contribution in [1.29, 1.82) is 0 Å². The Morgan fingerprint density at radius 3 is 2.56 bits per heavy atom. The van der Waals surface area contributed by atoms with Crippen LogP contribution >= 0.6 is 0 Å². The molecule has 2 N–H and O–H groups in total. The van der Waals surface area contributed by atoms with Crippen LogP contribution in [0.3, 0.4) is 0 Å². The van der Waals surface area contributed by atoms with Crippen molar-refractivity contribution in [2.45, 2.75) is 31.7 Å². The first-order chi connectivity index (χ1) is 13.0. The van der Waals surface area contributed by atoms with Gasteiger partial charge in [-0.1, -0.05) is 12.1 Å². The molecule has 1 heterocycles. The summed E-state index contributed by atoms with van der Waals surface area (Å²) in [7, 11) is 4.12. The van der Waals surface area contributed by atoms with E-state index in [2.05, 4.69) is 39.6 Å². The number of hydrogen-bond donors (Lipinski definition) is 2. The zero-order valence-electron chi connectivity index (χ0n) is 15.8. The second-order valence-corrected chi connectivity index (χ2v) is 7.14. The van der Waals surface area contributed by atoms with Crippen LogP contribution in [0, 0.1) is 10.1 Å². The van der Waals surface area contributed by atoms with Crippen molar-refractivity contribution < 1.29 is 4.92 Å². The minimum atomic E-state index is -0.391. The van der Waals surface area contributed by atoms with Gasteiger partial charge in [-0.25, -0.2) is 4.98 Å². The largest absolute Gasteiger partial charge is 0.366 e. The van der Waals surface area contributed by atoms with Gasteiger partial charge in [-0.05, 0) is 45.5 Å². The molecule has 0 unspecified atom stereocenters. The minimum absolute atomic E-state index is 0.0982. The first-order valence-electron chi connectivity index (χ1n) is 9.26. The topological polar surface area (TPSA) is 96.2 Å². The summed E-state index contributed by atoms with van der Waals surface area (Å²) in [6.45, 7) is 2.40. The Morgan fingerprint density at radius 1 is 1.19 bits per heavy atom. The molecule has 0 atom stereocenters. The number of non-ortho nitro benzene ring substituents is 1. The van der Waals surface area contributed by atoms with Gasteiger partial charge in [-0.15, -0.1) is 0 Å². The predicted octanol–water partition coefficient (Wildman–Crippen LogP) is 3.24. The molecule has 1 saturated carbocycles. The Labute approximate surface area is 159 Å². The van der Waals surface area contributed by atoms with Gasteiger partial charge < -0.3 is 15.5 Å². The van der Waals surface area contributed by atoms with Crippen molar-refractivity contribution in [3.05, 3.63) is 51.7 Å². The summed E-state index contributed by atoms with van der Waals surface area (Å²) in [6, 6.07) is 8.56. The number of hydrogen-bond acceptors (Lipinski definition) is 7. The van der Waals surface area contributed by atoms with Crippen LogP contribution in [0.15, 0.2) is 30.3 Å². The first kappa shape index (κ1) is 19.0. The van der Waals surface area contributed by atoms with E-state index in [1.54, 1.807) is 12.1 Å². The van der Waals surface area contributed by atoms with Crippen LogP contribution in [0.5, 0.6) is 0 Å². The molecule has 0 radical (unpaired) electrons. The van der Waals surface area contributed by atoms with Gasteiger partial charge in [0.2, 0.25) is 5.95 Å². The lowest BCUT2D eigenvalue weighted by molar-refractivity contribution is -0.384. The van der Waals surface area contributed by atoms with E-state index in [1.165, 1.54) is 25.0 Å². The molecule has 0 bridgehead atoms. The molecule has 1 aromatic carbocycles. The lowest BCUT2D eigenvalue weighted by Crippen LogP contribution is -2.17. The molecule has 0 saturated heterocycles. The molecule has 1 aromatic heterocycles. The normalized spacial score (nSPS) is 13.6. The quantitative estimate of drug-likeness (QED) is 0.376. The Hall–Kier alpha value is -2.74. The fourth-order valence-electron chi connectivity index (χ4n) is 2.75. The zero-order chi connectivity index (χ0) is 19.2. The Kier molecular flexibility index (Phi) is 6.18. The molecule has 8 heteroatoms. The monoisotopic (exact) mass is 370 g/mol. The van der Waals surface area contributed by atoms with Crippen molar-refractivity contribution in [2.24, 2.45) is 0 Å². The van der Waals surface area contributed by atoms with Crippen molar-refractivity contribution in [3.8, 4) is 0 Å². The van der Waals surface area contributed by atoms with Crippen LogP contribution in [-0.2, 0) is 6.54 Å². The minimum Gasteiger partial charge on any atom is -0.366 e. The third-order valence-electron chi connectivity index (χ3n) is 4.43. The molecule has 1 fully saturated rings. The molecule has 27 heavy (non-hydrogen) atoms. The number of nitro groups is 1. The molecular formula is C19H26N6O2. The maximum atomic E-state index is 10.7. The van der Waals surface area contributed by atoms with E-state index >= 15 is 0 Å². The number of nitrogens with one attached hydrogen (secondary N) is 2. The Bertz CT molecular complexity index is 774. The highest BCUT2D eigenvalue weighted by Gasteiger charge is 2.26. The Morgan fingerprint density at radius 2 is 1.93 bits per heavy atom. The Balaban J connectivity index is 1.62. The number of rotatable bonds is 10. The summed E-state index contributed by atoms with van der Waals surface area (Å²) in [6.07, 6.45) is 3.38. The summed E-state index contributed by atoms with van der Waals surface area (Å²) >= 11 is 0. The van der Waals surface area contributed by atoms with Crippen molar-refractivity contribution in [1.82, 2.24) is 14.9 Å². The number of anilines is 2. The molecule has 8 nitrogen and oxygen atoms in total. The van der Waals surface area contributed by atoms with Crippen LogP contribution in [0.1, 0.15) is 36.4 Å². The van der Waals surface area contributed by atoms with Crippen LogP contribution in [0.4, 0.5) is 17.5 Å². The van der Waals surface area contributed by atoms with Crippen LogP contribution in [-0.4, -0.2) is 47.0 Å². The smallest absolute Gasteiger partial charge is 0.269 e. The van der Waals surface area contributed by atoms with Crippen LogP contribution in [0.2, 0.25) is 0 Å². The van der Waals surface area contributed by atoms with Crippen LogP contribution < -0.4 is 10.6 Å². The van der Waals surface area contributed by atoms with Crippen molar-refractivity contribution in [2.75, 3.05) is 37.8 Å². The van der Waals surface area contributed by atoms with E-state index < -0.39 is 4.92 Å². The summed E-state index contributed by atoms with van der Waals surface area (Å²) in [4.78, 5) is 21.7. The maximum absolute atomic E-state index is 10.7. The van der Waals surface area contributed by atoms with E-state index in [0.717, 1.165) is 36.6 Å². The summed E-state index contributed by atoms with van der Waals surface area (Å²) < 4.78 is 0. The van der Waals surface area contributed by atoms with Crippen molar-refractivity contribution in [3.63, 3.8) is 0 Å². The number of aromatic nitrogens is 2. The number of benzene rings is 1. The van der Waals surface area contributed by atoms with Gasteiger partial charge in [-0.2, -0.15) is 4.98 Å². The molecule has 2 aromatic rings. The van der Waals surface area contributed by atoms with E-state index in [0.29, 0.717) is 18.4 Å². The molecular weight excluding hydrogens is 344 g/mol. The van der Waals surface area contributed by atoms with Gasteiger partial charge in [0, 0.05) is 37.2 Å². The number of nitro benzene ring substituents is 1. The van der Waals surface area contributed by atoms with E-state index in [4.69, 9.17) is 0 Å². The third-order valence-corrected chi connectivity index (χ3v) is 4.43. The molecule has 0 spiro atoms. The molecule has 1 aliphatic rings. The average Bonchev–Trinajstić information content (AvgIpc) is 3.49.